The van der Waals surface area contributed by atoms with Gasteiger partial charge < -0.3 is 0 Å². The van der Waals surface area contributed by atoms with Crippen LogP contribution in [0.5, 0.6) is 0 Å². The summed E-state index contributed by atoms with van der Waals surface area (Å²) < 4.78 is 8.90. The molecule has 2 rings (SSSR count). The molecule has 0 spiro atoms. The van der Waals surface area contributed by atoms with Gasteiger partial charge in [-0.05, 0) is 24.4 Å². The summed E-state index contributed by atoms with van der Waals surface area (Å²) in [7, 11) is 0. The van der Waals surface area contributed by atoms with Gasteiger partial charge in [0.25, 0.3) is 0 Å². The summed E-state index contributed by atoms with van der Waals surface area (Å²) in [5.74, 6) is 0. The molecule has 0 nitrogen and oxygen atoms in total. The zero-order chi connectivity index (χ0) is 7.84. The van der Waals surface area contributed by atoms with Crippen molar-refractivity contribution < 1.29 is 1.37 Å². The van der Waals surface area contributed by atoms with Crippen molar-refractivity contribution in [2.45, 2.75) is 6.92 Å². The van der Waals surface area contributed by atoms with Gasteiger partial charge >= 0.3 is 0 Å². The lowest BCUT2D eigenvalue weighted by Crippen LogP contribution is -1.56. The fourth-order valence-electron chi connectivity index (χ4n) is 1.04. The summed E-state index contributed by atoms with van der Waals surface area (Å²) in [5, 5.41) is 1.08. The molecule has 0 amide bonds. The highest BCUT2D eigenvalue weighted by atomic mass is 32.1. The van der Waals surface area contributed by atoms with E-state index in [0.29, 0.717) is 6.04 Å². The Labute approximate surface area is 65.5 Å². The molecule has 0 fully saturated rings. The largest absolute Gasteiger partial charge is 0.141 e. The van der Waals surface area contributed by atoms with Gasteiger partial charge in [-0.3, -0.25) is 0 Å². The second kappa shape index (κ2) is 2.10. The smallest absolute Gasteiger partial charge is 0.0641 e. The van der Waals surface area contributed by atoms with Crippen LogP contribution in [0.4, 0.5) is 0 Å². The molecule has 1 aromatic heterocycles. The van der Waals surface area contributed by atoms with Gasteiger partial charge in [-0.15, -0.1) is 11.3 Å². The van der Waals surface area contributed by atoms with Crippen LogP contribution in [-0.2, 0) is 0 Å². The first-order valence-corrected chi connectivity index (χ1v) is 4.05. The molecule has 0 N–H and O–H groups in total. The van der Waals surface area contributed by atoms with Crippen LogP contribution in [0.2, 0.25) is 0 Å². The minimum Gasteiger partial charge on any atom is -0.141 e. The Balaban J connectivity index is 2.92. The second-order valence-corrected chi connectivity index (χ2v) is 3.54. The number of thiophene rings is 1. The van der Waals surface area contributed by atoms with Gasteiger partial charge in [-0.25, -0.2) is 0 Å². The van der Waals surface area contributed by atoms with Crippen molar-refractivity contribution >= 4 is 21.4 Å². The van der Waals surface area contributed by atoms with E-state index in [1.165, 1.54) is 4.70 Å². The molecule has 0 radical (unpaired) electrons. The lowest BCUT2D eigenvalue weighted by molar-refractivity contribution is 1.65. The molecule has 0 saturated heterocycles. The van der Waals surface area contributed by atoms with Crippen molar-refractivity contribution in [3.63, 3.8) is 0 Å². The summed E-state index contributed by atoms with van der Waals surface area (Å²) in [5.41, 5.74) is 0. The summed E-state index contributed by atoms with van der Waals surface area (Å²) in [6.45, 7) is 1.99. The number of benzene rings is 1. The van der Waals surface area contributed by atoms with Crippen LogP contribution < -0.4 is 0 Å². The number of fused-ring (bicyclic) bond motifs is 1. The van der Waals surface area contributed by atoms with Gasteiger partial charge in [0.2, 0.25) is 0 Å². The molecule has 1 heterocycles. The van der Waals surface area contributed by atoms with E-state index in [0.717, 1.165) is 10.3 Å². The van der Waals surface area contributed by atoms with E-state index in [4.69, 9.17) is 1.37 Å². The van der Waals surface area contributed by atoms with Crippen LogP contribution >= 0.6 is 11.3 Å². The Morgan fingerprint density at radius 3 is 3.00 bits per heavy atom. The average Bonchev–Trinajstić information content (AvgIpc) is 2.30. The highest BCUT2D eigenvalue weighted by Gasteiger charge is 1.93. The first-order valence-electron chi connectivity index (χ1n) is 3.74. The molecule has 0 aliphatic carbocycles. The van der Waals surface area contributed by atoms with Crippen LogP contribution in [0.3, 0.4) is 0 Å². The van der Waals surface area contributed by atoms with Crippen molar-refractivity contribution in [2.24, 2.45) is 0 Å². The molecule has 1 heteroatoms. The van der Waals surface area contributed by atoms with Gasteiger partial charge in [0.15, 0.2) is 0 Å². The van der Waals surface area contributed by atoms with Crippen molar-refractivity contribution in [3.8, 4) is 0 Å². The SMILES string of the molecule is [2H]c1c(C)sc2ccccc12. The third kappa shape index (κ3) is 0.830. The zero-order valence-corrected chi connectivity index (χ0v) is 6.53. The van der Waals surface area contributed by atoms with Gasteiger partial charge in [0, 0.05) is 9.58 Å². The van der Waals surface area contributed by atoms with Gasteiger partial charge in [0.1, 0.15) is 0 Å². The van der Waals surface area contributed by atoms with Crippen molar-refractivity contribution in [3.05, 3.63) is 35.2 Å². The quantitative estimate of drug-likeness (QED) is 0.539. The summed E-state index contributed by atoms with van der Waals surface area (Å²) in [6.07, 6.45) is 0. The van der Waals surface area contributed by atoms with E-state index in [1.54, 1.807) is 11.3 Å². The molecule has 10 heavy (non-hydrogen) atoms. The lowest BCUT2D eigenvalue weighted by atomic mass is 10.2. The molecule has 2 aromatic rings. The molecule has 0 atom stereocenters. The Morgan fingerprint density at radius 1 is 1.40 bits per heavy atom. The van der Waals surface area contributed by atoms with E-state index in [9.17, 15) is 0 Å². The fourth-order valence-corrected chi connectivity index (χ4v) is 1.91. The van der Waals surface area contributed by atoms with Gasteiger partial charge in [0.05, 0.1) is 1.37 Å². The summed E-state index contributed by atoms with van der Waals surface area (Å²) in [4.78, 5) is 1.10. The van der Waals surface area contributed by atoms with Crippen LogP contribution in [0, 0.1) is 6.92 Å². The van der Waals surface area contributed by atoms with Crippen molar-refractivity contribution in [1.82, 2.24) is 0 Å². The predicted molar refractivity (Wildman–Crippen MR) is 46.6 cm³/mol. The normalized spacial score (nSPS) is 11.9. The molecule has 0 saturated carbocycles. The van der Waals surface area contributed by atoms with Gasteiger partial charge in [-0.1, -0.05) is 18.2 Å². The lowest BCUT2D eigenvalue weighted by Gasteiger charge is -1.82. The number of aryl methyl sites for hydroxylation is 1. The number of hydrogen-bond donors (Lipinski definition) is 0. The maximum atomic E-state index is 7.68. The van der Waals surface area contributed by atoms with Crippen molar-refractivity contribution in [1.29, 1.82) is 0 Å². The van der Waals surface area contributed by atoms with Crippen LogP contribution in [-0.4, -0.2) is 0 Å². The monoisotopic (exact) mass is 149 g/mol. The summed E-state index contributed by atoms with van der Waals surface area (Å²) in [6, 6.07) is 8.74. The first-order chi connectivity index (χ1) is 5.29. The Bertz CT molecular complexity index is 389. The van der Waals surface area contributed by atoms with E-state index in [2.05, 4.69) is 6.07 Å². The van der Waals surface area contributed by atoms with E-state index in [1.807, 2.05) is 25.1 Å². The third-order valence-electron chi connectivity index (χ3n) is 1.46. The van der Waals surface area contributed by atoms with Crippen LogP contribution in [0.1, 0.15) is 6.25 Å². The van der Waals surface area contributed by atoms with E-state index in [-0.39, 0.29) is 0 Å². The molecule has 0 aliphatic rings. The zero-order valence-electron chi connectivity index (χ0n) is 6.72. The second-order valence-electron chi connectivity index (χ2n) is 2.28. The molecule has 0 unspecified atom stereocenters. The molecule has 0 bridgehead atoms. The Morgan fingerprint density at radius 2 is 2.20 bits per heavy atom. The highest BCUT2D eigenvalue weighted by molar-refractivity contribution is 7.19. The topological polar surface area (TPSA) is 0 Å². The molecule has 0 aliphatic heterocycles. The molecular formula is C9H8S. The maximum absolute atomic E-state index is 7.68. The fraction of sp³-hybridized carbons (Fsp3) is 0.111. The highest BCUT2D eigenvalue weighted by Crippen LogP contribution is 2.23. The Kier molecular flexibility index (Phi) is 1.03. The first kappa shape index (κ1) is 4.91. The van der Waals surface area contributed by atoms with E-state index < -0.39 is 0 Å². The average molecular weight is 149 g/mol. The van der Waals surface area contributed by atoms with Crippen LogP contribution in [0.25, 0.3) is 10.1 Å². The Hall–Kier alpha value is -0.820. The van der Waals surface area contributed by atoms with Gasteiger partial charge in [-0.2, -0.15) is 0 Å². The summed E-state index contributed by atoms with van der Waals surface area (Å²) >= 11 is 1.69. The van der Waals surface area contributed by atoms with Crippen molar-refractivity contribution in [2.75, 3.05) is 0 Å². The predicted octanol–water partition coefficient (Wildman–Crippen LogP) is 3.21. The molecular weight excluding hydrogens is 140 g/mol. The minimum atomic E-state index is 0.686. The maximum Gasteiger partial charge on any atom is 0.0641 e. The number of rotatable bonds is 0. The van der Waals surface area contributed by atoms with E-state index >= 15 is 0 Å². The standard InChI is InChI=1S/C9H8S/c1-7-6-8-4-2-3-5-9(8)10-7/h2-6H,1H3/i6D. The minimum absolute atomic E-state index is 0.686. The third-order valence-corrected chi connectivity index (χ3v) is 2.44. The molecule has 1 aromatic carbocycles. The van der Waals surface area contributed by atoms with Crippen LogP contribution in [0.15, 0.2) is 30.3 Å². The number of hydrogen-bond acceptors (Lipinski definition) is 1. The molecule has 50 valence electrons.